The van der Waals surface area contributed by atoms with Crippen molar-refractivity contribution in [1.82, 2.24) is 4.90 Å². The number of likely N-dealkylation sites (tertiary alicyclic amines) is 1. The summed E-state index contributed by atoms with van der Waals surface area (Å²) in [5.41, 5.74) is 0. The second kappa shape index (κ2) is 3.72. The van der Waals surface area contributed by atoms with E-state index in [-0.39, 0.29) is 12.0 Å². The zero-order chi connectivity index (χ0) is 8.27. The van der Waals surface area contributed by atoms with Crippen molar-refractivity contribution in [2.75, 3.05) is 20.2 Å². The topological polar surface area (TPSA) is 29.5 Å². The maximum atomic E-state index is 11.0. The maximum Gasteiger partial charge on any atom is 0.322 e. The fourth-order valence-corrected chi connectivity index (χ4v) is 1.45. The monoisotopic (exact) mass is 157 g/mol. The number of methoxy groups -OCH3 is 1. The van der Waals surface area contributed by atoms with Crippen molar-refractivity contribution in [2.24, 2.45) is 0 Å². The third-order valence-electron chi connectivity index (χ3n) is 2.23. The summed E-state index contributed by atoms with van der Waals surface area (Å²) < 4.78 is 4.64. The van der Waals surface area contributed by atoms with E-state index in [1.807, 2.05) is 6.92 Å². The van der Waals surface area contributed by atoms with Crippen LogP contribution in [0.5, 0.6) is 0 Å². The quantitative estimate of drug-likeness (QED) is 0.551. The van der Waals surface area contributed by atoms with Gasteiger partial charge in [-0.05, 0) is 32.9 Å². The summed E-state index contributed by atoms with van der Waals surface area (Å²) in [6, 6.07) is -0.0532. The van der Waals surface area contributed by atoms with Crippen LogP contribution in [0.2, 0.25) is 0 Å². The molecule has 0 bridgehead atoms. The van der Waals surface area contributed by atoms with Crippen molar-refractivity contribution in [3.8, 4) is 0 Å². The van der Waals surface area contributed by atoms with E-state index in [9.17, 15) is 4.79 Å². The summed E-state index contributed by atoms with van der Waals surface area (Å²) in [5.74, 6) is -0.119. The number of esters is 1. The molecule has 1 fully saturated rings. The number of hydrogen-bond acceptors (Lipinski definition) is 3. The molecule has 0 aliphatic carbocycles. The Bertz CT molecular complexity index is 141. The predicted molar refractivity (Wildman–Crippen MR) is 42.3 cm³/mol. The van der Waals surface area contributed by atoms with Gasteiger partial charge in [-0.3, -0.25) is 9.69 Å². The molecule has 64 valence electrons. The van der Waals surface area contributed by atoms with Gasteiger partial charge in [0.1, 0.15) is 6.04 Å². The van der Waals surface area contributed by atoms with Gasteiger partial charge in [-0.15, -0.1) is 0 Å². The van der Waals surface area contributed by atoms with Gasteiger partial charge in [0.05, 0.1) is 7.11 Å². The summed E-state index contributed by atoms with van der Waals surface area (Å²) in [4.78, 5) is 13.2. The van der Waals surface area contributed by atoms with Crippen molar-refractivity contribution in [1.29, 1.82) is 0 Å². The Morgan fingerprint density at radius 3 is 2.45 bits per heavy atom. The third-order valence-corrected chi connectivity index (χ3v) is 2.23. The summed E-state index contributed by atoms with van der Waals surface area (Å²) in [5, 5.41) is 0. The van der Waals surface area contributed by atoms with E-state index in [1.54, 1.807) is 0 Å². The number of ether oxygens (including phenoxy) is 1. The van der Waals surface area contributed by atoms with Crippen molar-refractivity contribution in [3.63, 3.8) is 0 Å². The Kier molecular flexibility index (Phi) is 2.88. The maximum absolute atomic E-state index is 11.0. The van der Waals surface area contributed by atoms with Crippen LogP contribution in [0.1, 0.15) is 19.8 Å². The summed E-state index contributed by atoms with van der Waals surface area (Å²) in [6.45, 7) is 3.98. The highest BCUT2D eigenvalue weighted by molar-refractivity contribution is 5.75. The van der Waals surface area contributed by atoms with Gasteiger partial charge in [-0.2, -0.15) is 0 Å². The lowest BCUT2D eigenvalue weighted by Crippen LogP contribution is -2.37. The third kappa shape index (κ3) is 1.93. The van der Waals surface area contributed by atoms with Gasteiger partial charge >= 0.3 is 5.97 Å². The molecule has 1 unspecified atom stereocenters. The highest BCUT2D eigenvalue weighted by atomic mass is 16.5. The van der Waals surface area contributed by atoms with Crippen molar-refractivity contribution >= 4 is 5.97 Å². The van der Waals surface area contributed by atoms with E-state index >= 15 is 0 Å². The number of nitrogens with zero attached hydrogens (tertiary/aromatic N) is 1. The molecular weight excluding hydrogens is 142 g/mol. The molecule has 3 nitrogen and oxygen atoms in total. The van der Waals surface area contributed by atoms with Crippen LogP contribution in [0.4, 0.5) is 0 Å². The van der Waals surface area contributed by atoms with Crippen LogP contribution in [0.25, 0.3) is 0 Å². The van der Waals surface area contributed by atoms with Gasteiger partial charge in [-0.25, -0.2) is 0 Å². The largest absolute Gasteiger partial charge is 0.468 e. The predicted octanol–water partition coefficient (Wildman–Crippen LogP) is 0.644. The van der Waals surface area contributed by atoms with E-state index in [4.69, 9.17) is 0 Å². The van der Waals surface area contributed by atoms with Gasteiger partial charge in [0.25, 0.3) is 0 Å². The Morgan fingerprint density at radius 1 is 1.45 bits per heavy atom. The Labute approximate surface area is 67.3 Å². The molecule has 1 aliphatic rings. The molecule has 0 spiro atoms. The lowest BCUT2D eigenvalue weighted by Gasteiger charge is -2.20. The molecule has 0 N–H and O–H groups in total. The standard InChI is InChI=1S/C8H15NO2/c1-7(8(10)11-2)9-5-3-4-6-9/h7H,3-6H2,1-2H3. The zero-order valence-corrected chi connectivity index (χ0v) is 7.17. The molecule has 1 aliphatic heterocycles. The van der Waals surface area contributed by atoms with Gasteiger partial charge in [0.2, 0.25) is 0 Å². The minimum Gasteiger partial charge on any atom is -0.468 e. The van der Waals surface area contributed by atoms with Crippen LogP contribution in [0.15, 0.2) is 0 Å². The molecule has 11 heavy (non-hydrogen) atoms. The second-order valence-corrected chi connectivity index (χ2v) is 2.94. The summed E-state index contributed by atoms with van der Waals surface area (Å²) in [6.07, 6.45) is 2.42. The van der Waals surface area contributed by atoms with E-state index in [1.165, 1.54) is 20.0 Å². The highest BCUT2D eigenvalue weighted by Crippen LogP contribution is 2.11. The van der Waals surface area contributed by atoms with E-state index in [0.717, 1.165) is 13.1 Å². The van der Waals surface area contributed by atoms with E-state index < -0.39 is 0 Å². The van der Waals surface area contributed by atoms with Crippen LogP contribution in [-0.4, -0.2) is 37.1 Å². The molecule has 1 rings (SSSR count). The fraction of sp³-hybridized carbons (Fsp3) is 0.875. The molecule has 0 radical (unpaired) electrons. The number of rotatable bonds is 2. The van der Waals surface area contributed by atoms with Crippen LogP contribution in [0.3, 0.4) is 0 Å². The fourth-order valence-electron chi connectivity index (χ4n) is 1.45. The van der Waals surface area contributed by atoms with Gasteiger partial charge in [-0.1, -0.05) is 0 Å². The minimum atomic E-state index is -0.119. The molecule has 0 aromatic heterocycles. The van der Waals surface area contributed by atoms with Crippen molar-refractivity contribution in [2.45, 2.75) is 25.8 Å². The summed E-state index contributed by atoms with van der Waals surface area (Å²) >= 11 is 0. The smallest absolute Gasteiger partial charge is 0.322 e. The molecular formula is C8H15NO2. The van der Waals surface area contributed by atoms with E-state index in [0.29, 0.717) is 0 Å². The second-order valence-electron chi connectivity index (χ2n) is 2.94. The molecule has 3 heteroatoms. The number of hydrogen-bond donors (Lipinski definition) is 0. The minimum absolute atomic E-state index is 0.0532. The molecule has 0 amide bonds. The molecule has 0 aromatic rings. The first-order valence-corrected chi connectivity index (χ1v) is 4.07. The summed E-state index contributed by atoms with van der Waals surface area (Å²) in [7, 11) is 1.44. The van der Waals surface area contributed by atoms with E-state index in [2.05, 4.69) is 9.64 Å². The van der Waals surface area contributed by atoms with Gasteiger partial charge in [0, 0.05) is 0 Å². The van der Waals surface area contributed by atoms with Crippen molar-refractivity contribution in [3.05, 3.63) is 0 Å². The first kappa shape index (κ1) is 8.53. The number of carbonyl (C=O) groups is 1. The van der Waals surface area contributed by atoms with Gasteiger partial charge < -0.3 is 4.74 Å². The Balaban J connectivity index is 2.39. The lowest BCUT2D eigenvalue weighted by molar-refractivity contribution is -0.145. The Morgan fingerprint density at radius 2 is 2.00 bits per heavy atom. The Hall–Kier alpha value is -0.570. The van der Waals surface area contributed by atoms with Crippen molar-refractivity contribution < 1.29 is 9.53 Å². The molecule has 0 aromatic carbocycles. The van der Waals surface area contributed by atoms with Crippen LogP contribution in [0, 0.1) is 0 Å². The normalized spacial score (nSPS) is 21.6. The molecule has 1 saturated heterocycles. The van der Waals surface area contributed by atoms with Gasteiger partial charge in [0.15, 0.2) is 0 Å². The zero-order valence-electron chi connectivity index (χ0n) is 7.17. The van der Waals surface area contributed by atoms with Crippen LogP contribution in [-0.2, 0) is 9.53 Å². The van der Waals surface area contributed by atoms with Crippen LogP contribution < -0.4 is 0 Å². The average Bonchev–Trinajstić information content (AvgIpc) is 2.53. The average molecular weight is 157 g/mol. The molecule has 1 atom stereocenters. The first-order valence-electron chi connectivity index (χ1n) is 4.07. The highest BCUT2D eigenvalue weighted by Gasteiger charge is 2.23. The number of carbonyl (C=O) groups excluding carboxylic acids is 1. The van der Waals surface area contributed by atoms with Crippen LogP contribution >= 0.6 is 0 Å². The SMILES string of the molecule is COC(=O)C(C)N1CCCC1. The lowest BCUT2D eigenvalue weighted by atomic mass is 10.3. The first-order chi connectivity index (χ1) is 5.25. The molecule has 0 saturated carbocycles. The molecule has 1 heterocycles.